The fraction of sp³-hybridized carbons (Fsp3) is 0.500. The molecule has 0 aromatic carbocycles. The summed E-state index contributed by atoms with van der Waals surface area (Å²) in [6.45, 7) is 1.11. The number of aromatic nitrogens is 1. The van der Waals surface area contributed by atoms with Crippen LogP contribution in [-0.2, 0) is 9.53 Å². The summed E-state index contributed by atoms with van der Waals surface area (Å²) < 4.78 is 18.5. The van der Waals surface area contributed by atoms with E-state index in [1.165, 1.54) is 19.4 Å². The van der Waals surface area contributed by atoms with Crippen LogP contribution in [0.3, 0.4) is 0 Å². The van der Waals surface area contributed by atoms with Crippen LogP contribution in [0.2, 0.25) is 5.02 Å². The molecule has 1 unspecified atom stereocenters. The first-order valence-corrected chi connectivity index (χ1v) is 6.13. The zero-order valence-electron chi connectivity index (χ0n) is 10.0. The zero-order chi connectivity index (χ0) is 13.1. The summed E-state index contributed by atoms with van der Waals surface area (Å²) >= 11 is 5.66. The van der Waals surface area contributed by atoms with E-state index < -0.39 is 5.82 Å². The quantitative estimate of drug-likeness (QED) is 0.775. The Morgan fingerprint density at radius 3 is 3.11 bits per heavy atom. The van der Waals surface area contributed by atoms with E-state index in [-0.39, 0.29) is 22.7 Å². The van der Waals surface area contributed by atoms with Gasteiger partial charge in [-0.2, -0.15) is 0 Å². The second-order valence-corrected chi connectivity index (χ2v) is 4.70. The third-order valence-electron chi connectivity index (χ3n) is 3.04. The van der Waals surface area contributed by atoms with Gasteiger partial charge in [-0.1, -0.05) is 11.6 Å². The number of halogens is 2. The molecule has 1 aromatic heterocycles. The molecule has 1 aliphatic heterocycles. The van der Waals surface area contributed by atoms with Crippen molar-refractivity contribution in [2.75, 3.05) is 25.1 Å². The zero-order valence-corrected chi connectivity index (χ0v) is 10.8. The molecular weight excluding hydrogens is 259 g/mol. The van der Waals surface area contributed by atoms with Crippen molar-refractivity contribution in [3.63, 3.8) is 0 Å². The average Bonchev–Trinajstić information content (AvgIpc) is 2.38. The average molecular weight is 273 g/mol. The molecule has 1 atom stereocenters. The van der Waals surface area contributed by atoms with Crippen molar-refractivity contribution in [2.24, 2.45) is 5.92 Å². The second kappa shape index (κ2) is 5.52. The summed E-state index contributed by atoms with van der Waals surface area (Å²) in [6, 6.07) is 1.23. The topological polar surface area (TPSA) is 42.4 Å². The number of esters is 1. The molecule has 1 aromatic rings. The molecule has 4 nitrogen and oxygen atoms in total. The van der Waals surface area contributed by atoms with Gasteiger partial charge in [0.1, 0.15) is 0 Å². The maximum atomic E-state index is 13.7. The first-order valence-electron chi connectivity index (χ1n) is 5.75. The highest BCUT2D eigenvalue weighted by molar-refractivity contribution is 6.30. The number of nitrogens with zero attached hydrogens (tertiary/aromatic N) is 2. The number of hydrogen-bond donors (Lipinski definition) is 0. The molecule has 0 bridgehead atoms. The monoisotopic (exact) mass is 272 g/mol. The molecule has 0 amide bonds. The predicted octanol–water partition coefficient (Wildman–Crippen LogP) is 2.26. The summed E-state index contributed by atoms with van der Waals surface area (Å²) in [4.78, 5) is 17.2. The van der Waals surface area contributed by atoms with Crippen LogP contribution in [0.5, 0.6) is 0 Å². The van der Waals surface area contributed by atoms with Gasteiger partial charge in [0.2, 0.25) is 0 Å². The van der Waals surface area contributed by atoms with E-state index in [1.54, 1.807) is 4.90 Å². The maximum Gasteiger partial charge on any atom is 0.310 e. The van der Waals surface area contributed by atoms with E-state index in [2.05, 4.69) is 4.98 Å². The molecule has 0 spiro atoms. The highest BCUT2D eigenvalue weighted by Gasteiger charge is 2.28. The minimum atomic E-state index is -0.465. The lowest BCUT2D eigenvalue weighted by atomic mass is 9.98. The highest BCUT2D eigenvalue weighted by Crippen LogP contribution is 2.25. The SMILES string of the molecule is COC(=O)C1CCCN(c2ncc(Cl)cc2F)C1. The molecule has 2 heterocycles. The van der Waals surface area contributed by atoms with Gasteiger partial charge in [-0.25, -0.2) is 9.37 Å². The van der Waals surface area contributed by atoms with E-state index >= 15 is 0 Å². The van der Waals surface area contributed by atoms with Gasteiger partial charge in [-0.15, -0.1) is 0 Å². The Kier molecular flexibility index (Phi) is 4.01. The minimum Gasteiger partial charge on any atom is -0.469 e. The largest absolute Gasteiger partial charge is 0.469 e. The fourth-order valence-electron chi connectivity index (χ4n) is 2.17. The summed E-state index contributed by atoms with van der Waals surface area (Å²) in [5.74, 6) is -0.698. The molecule has 1 saturated heterocycles. The van der Waals surface area contributed by atoms with Crippen LogP contribution in [-0.4, -0.2) is 31.2 Å². The van der Waals surface area contributed by atoms with Gasteiger partial charge in [0.25, 0.3) is 0 Å². The first kappa shape index (κ1) is 13.1. The Labute approximate surface area is 110 Å². The highest BCUT2D eigenvalue weighted by atomic mass is 35.5. The van der Waals surface area contributed by atoms with Crippen LogP contribution in [0.15, 0.2) is 12.3 Å². The molecule has 0 aliphatic carbocycles. The van der Waals surface area contributed by atoms with Crippen LogP contribution in [0, 0.1) is 11.7 Å². The first-order chi connectivity index (χ1) is 8.61. The molecule has 18 heavy (non-hydrogen) atoms. The van der Waals surface area contributed by atoms with Crippen LogP contribution >= 0.6 is 11.6 Å². The van der Waals surface area contributed by atoms with Crippen molar-refractivity contribution in [2.45, 2.75) is 12.8 Å². The molecule has 1 fully saturated rings. The number of ether oxygens (including phenoxy) is 1. The number of methoxy groups -OCH3 is 1. The van der Waals surface area contributed by atoms with Crippen molar-refractivity contribution in [1.82, 2.24) is 4.98 Å². The summed E-state index contributed by atoms with van der Waals surface area (Å²) in [5, 5.41) is 0.262. The smallest absolute Gasteiger partial charge is 0.310 e. The van der Waals surface area contributed by atoms with Gasteiger partial charge in [0.15, 0.2) is 11.6 Å². The lowest BCUT2D eigenvalue weighted by Gasteiger charge is -2.32. The Hall–Kier alpha value is -1.36. The maximum absolute atomic E-state index is 13.7. The van der Waals surface area contributed by atoms with Crippen molar-refractivity contribution < 1.29 is 13.9 Å². The molecular formula is C12H14ClFN2O2. The molecule has 0 N–H and O–H groups in total. The number of hydrogen-bond acceptors (Lipinski definition) is 4. The fourth-order valence-corrected chi connectivity index (χ4v) is 2.31. The molecule has 0 saturated carbocycles. The predicted molar refractivity (Wildman–Crippen MR) is 66.2 cm³/mol. The Balaban J connectivity index is 2.15. The van der Waals surface area contributed by atoms with Gasteiger partial charge in [-0.05, 0) is 18.9 Å². The third-order valence-corrected chi connectivity index (χ3v) is 3.25. The van der Waals surface area contributed by atoms with Gasteiger partial charge in [0, 0.05) is 19.3 Å². The number of carbonyl (C=O) groups is 1. The molecule has 0 radical (unpaired) electrons. The van der Waals surface area contributed by atoms with Crippen LogP contribution in [0.1, 0.15) is 12.8 Å². The number of anilines is 1. The molecule has 1 aliphatic rings. The Morgan fingerprint density at radius 1 is 1.67 bits per heavy atom. The number of pyridine rings is 1. The van der Waals surface area contributed by atoms with E-state index in [0.29, 0.717) is 13.1 Å². The third kappa shape index (κ3) is 2.72. The Bertz CT molecular complexity index is 456. The number of carbonyl (C=O) groups excluding carboxylic acids is 1. The molecule has 2 rings (SSSR count). The number of rotatable bonds is 2. The standard InChI is InChI=1S/C12H14ClFN2O2/c1-18-12(17)8-3-2-4-16(7-8)11-10(14)5-9(13)6-15-11/h5-6,8H,2-4,7H2,1H3. The van der Waals surface area contributed by atoms with Crippen molar-refractivity contribution in [1.29, 1.82) is 0 Å². The summed E-state index contributed by atoms with van der Waals surface area (Å²) in [5.41, 5.74) is 0. The minimum absolute atomic E-state index is 0.222. The van der Waals surface area contributed by atoms with Gasteiger partial charge in [0.05, 0.1) is 18.1 Å². The number of piperidine rings is 1. The summed E-state index contributed by atoms with van der Waals surface area (Å²) in [7, 11) is 1.36. The van der Waals surface area contributed by atoms with Gasteiger partial charge in [-0.3, -0.25) is 4.79 Å². The van der Waals surface area contributed by atoms with Crippen LogP contribution in [0.4, 0.5) is 10.2 Å². The molecule has 98 valence electrons. The lowest BCUT2D eigenvalue weighted by molar-refractivity contribution is -0.145. The normalized spacial score (nSPS) is 19.7. The van der Waals surface area contributed by atoms with Crippen molar-refractivity contribution in [3.8, 4) is 0 Å². The van der Waals surface area contributed by atoms with E-state index in [1.807, 2.05) is 0 Å². The van der Waals surface area contributed by atoms with E-state index in [0.717, 1.165) is 12.8 Å². The lowest BCUT2D eigenvalue weighted by Crippen LogP contribution is -2.40. The second-order valence-electron chi connectivity index (χ2n) is 4.27. The van der Waals surface area contributed by atoms with E-state index in [9.17, 15) is 9.18 Å². The van der Waals surface area contributed by atoms with Crippen molar-refractivity contribution in [3.05, 3.63) is 23.1 Å². The summed E-state index contributed by atoms with van der Waals surface area (Å²) in [6.07, 6.45) is 2.98. The van der Waals surface area contributed by atoms with Gasteiger partial charge >= 0.3 is 5.97 Å². The van der Waals surface area contributed by atoms with E-state index in [4.69, 9.17) is 16.3 Å². The van der Waals surface area contributed by atoms with Crippen LogP contribution in [0.25, 0.3) is 0 Å². The van der Waals surface area contributed by atoms with Gasteiger partial charge < -0.3 is 9.64 Å². The molecule has 6 heteroatoms. The Morgan fingerprint density at radius 2 is 2.44 bits per heavy atom. The van der Waals surface area contributed by atoms with Crippen molar-refractivity contribution >= 4 is 23.4 Å². The van der Waals surface area contributed by atoms with Crippen LogP contribution < -0.4 is 4.90 Å².